The molecule has 276 valence electrons. The monoisotopic (exact) mass is 720 g/mol. The summed E-state index contributed by atoms with van der Waals surface area (Å²) in [6.07, 6.45) is 13.8. The van der Waals surface area contributed by atoms with Crippen LogP contribution in [0.4, 0.5) is 0 Å². The van der Waals surface area contributed by atoms with Crippen molar-refractivity contribution in [1.82, 2.24) is 20.3 Å². The number of fused-ring (bicyclic) bond motifs is 11. The lowest BCUT2D eigenvalue weighted by Crippen LogP contribution is -2.40. The first-order valence-corrected chi connectivity index (χ1v) is 17.3. The molecule has 2 aliphatic heterocycles. The van der Waals surface area contributed by atoms with E-state index in [1.165, 1.54) is 21.3 Å². The highest BCUT2D eigenvalue weighted by molar-refractivity contribution is 5.98. The fourth-order valence-corrected chi connectivity index (χ4v) is 7.86. The van der Waals surface area contributed by atoms with E-state index in [1.807, 2.05) is 58.1 Å². The Morgan fingerprint density at radius 3 is 2.13 bits per heavy atom. The molecule has 0 aromatic carbocycles. The van der Waals surface area contributed by atoms with E-state index in [1.54, 1.807) is 12.2 Å². The van der Waals surface area contributed by atoms with E-state index in [9.17, 15) is 24.3 Å². The summed E-state index contributed by atoms with van der Waals surface area (Å²) in [7, 11) is 3.93. The van der Waals surface area contributed by atoms with E-state index >= 15 is 0 Å². The number of carbonyl (C=O) groups is 4. The van der Waals surface area contributed by atoms with Crippen molar-refractivity contribution in [2.75, 3.05) is 21.3 Å². The van der Waals surface area contributed by atoms with E-state index in [4.69, 9.17) is 14.2 Å². The predicted octanol–water partition coefficient (Wildman–Crippen LogP) is 4.15. The number of aromatic amines is 3. The molecule has 12 heteroatoms. The molecule has 3 aliphatic rings. The van der Waals surface area contributed by atoms with Crippen LogP contribution in [0.15, 0.2) is 41.3 Å². The molecule has 6 rings (SSSR count). The Bertz CT molecular complexity index is 2340. The number of H-pyrrole nitrogens is 3. The summed E-state index contributed by atoms with van der Waals surface area (Å²) in [5, 5.41) is 14.9. The molecule has 3 aromatic rings. The Balaban J connectivity index is 1.72. The first kappa shape index (κ1) is 36.7. The lowest BCUT2D eigenvalue weighted by Gasteiger charge is -2.36. The van der Waals surface area contributed by atoms with Gasteiger partial charge in [0.25, 0.3) is 0 Å². The molecule has 5 N–H and O–H groups in total. The normalized spacial score (nSPS) is 18.5. The number of carbonyl (C=O) groups excluding carboxylic acids is 3. The van der Waals surface area contributed by atoms with Gasteiger partial charge in [0.2, 0.25) is 0 Å². The predicted molar refractivity (Wildman–Crippen MR) is 200 cm³/mol. The third-order valence-corrected chi connectivity index (χ3v) is 10.9. The van der Waals surface area contributed by atoms with E-state index in [0.29, 0.717) is 29.2 Å². The highest BCUT2D eigenvalue weighted by Gasteiger charge is 2.55. The molecule has 3 aromatic heterocycles. The molecule has 8 bridgehead atoms. The van der Waals surface area contributed by atoms with Crippen LogP contribution in [0.25, 0.3) is 30.4 Å². The first-order valence-electron chi connectivity index (χ1n) is 17.3. The van der Waals surface area contributed by atoms with Gasteiger partial charge >= 0.3 is 23.9 Å². The molecule has 5 heterocycles. The fraction of sp³-hybridized carbons (Fsp3) is 0.317. The number of hydrogen-bond donors (Lipinski definition) is 5. The van der Waals surface area contributed by atoms with Crippen LogP contribution in [0.1, 0.15) is 75.9 Å². The maximum atomic E-state index is 13.7. The lowest BCUT2D eigenvalue weighted by atomic mass is 9.64. The van der Waals surface area contributed by atoms with Crippen LogP contribution >= 0.6 is 0 Å². The van der Waals surface area contributed by atoms with Gasteiger partial charge in [0, 0.05) is 63.3 Å². The topological polar surface area (TPSA) is 176 Å². The highest BCUT2D eigenvalue weighted by atomic mass is 16.5. The van der Waals surface area contributed by atoms with E-state index in [0.717, 1.165) is 61.0 Å². The molecule has 1 aliphatic carbocycles. The maximum absolute atomic E-state index is 13.7. The molecule has 0 radical (unpaired) electrons. The van der Waals surface area contributed by atoms with Crippen LogP contribution in [-0.4, -0.2) is 65.3 Å². The SMILES string of the molecule is C=Cc1c2[nH]c(c1C)C=C1NC(=Cc3[nH]c(c(CCC(=O)O)c3C)C=c3[nH]c(c(C)c3CCC(=O)OC)=C2)[C@@]2(C)C1=CC=C(C(=O)OC)[C@H]2C(=O)OC. The first-order chi connectivity index (χ1) is 25.3. The van der Waals surface area contributed by atoms with Gasteiger partial charge < -0.3 is 39.6 Å². The molecule has 12 nitrogen and oxygen atoms in total. The summed E-state index contributed by atoms with van der Waals surface area (Å²) < 4.78 is 15.4. The van der Waals surface area contributed by atoms with E-state index in [2.05, 4.69) is 26.8 Å². The number of esters is 3. The molecule has 0 unspecified atom stereocenters. The van der Waals surface area contributed by atoms with Crippen LogP contribution in [0.5, 0.6) is 0 Å². The van der Waals surface area contributed by atoms with Crippen LogP contribution in [0.3, 0.4) is 0 Å². The summed E-state index contributed by atoms with van der Waals surface area (Å²) in [4.78, 5) is 61.6. The number of carboxylic acids is 1. The number of allylic oxidation sites excluding steroid dienone is 4. The average molecular weight is 721 g/mol. The van der Waals surface area contributed by atoms with Gasteiger partial charge in [-0.15, -0.1) is 0 Å². The largest absolute Gasteiger partial charge is 0.481 e. The van der Waals surface area contributed by atoms with Crippen molar-refractivity contribution in [2.24, 2.45) is 11.3 Å². The summed E-state index contributed by atoms with van der Waals surface area (Å²) in [5.41, 5.74) is 9.45. The number of aromatic nitrogens is 3. The van der Waals surface area contributed by atoms with Gasteiger partial charge in [0.1, 0.15) is 5.92 Å². The molecule has 1 saturated heterocycles. The third kappa shape index (κ3) is 6.28. The summed E-state index contributed by atoms with van der Waals surface area (Å²) >= 11 is 0. The summed E-state index contributed by atoms with van der Waals surface area (Å²) in [6.45, 7) is 11.9. The van der Waals surface area contributed by atoms with Crippen LogP contribution in [0.2, 0.25) is 0 Å². The number of carboxylic acid groups (broad SMARTS) is 1. The van der Waals surface area contributed by atoms with Crippen molar-refractivity contribution < 1.29 is 38.5 Å². The number of methoxy groups -OCH3 is 3. The van der Waals surface area contributed by atoms with Gasteiger partial charge in [0.15, 0.2) is 0 Å². The fourth-order valence-electron chi connectivity index (χ4n) is 7.86. The van der Waals surface area contributed by atoms with Gasteiger partial charge in [-0.1, -0.05) is 24.8 Å². The van der Waals surface area contributed by atoms with E-state index in [-0.39, 0.29) is 30.8 Å². The van der Waals surface area contributed by atoms with Crippen LogP contribution in [0, 0.1) is 32.1 Å². The van der Waals surface area contributed by atoms with Gasteiger partial charge in [-0.2, -0.15) is 0 Å². The van der Waals surface area contributed by atoms with Gasteiger partial charge in [0.05, 0.1) is 32.3 Å². The molecular formula is C41H44N4O8. The zero-order chi connectivity index (χ0) is 38.4. The molecular weight excluding hydrogens is 676 g/mol. The standard InChI is InChI=1S/C41H44N4O8/c1-9-23-20(2)29-17-34-27-13-10-26(39(49)52-7)38(40(50)53-8)41(27,5)35(45-34)19-30-22(4)24(11-14-36(46)47)32(44-30)18-33-25(12-15-37(48)51-6)21(3)28(43-33)16-31(23)42-29/h9-10,13,16-19,38,42-45H,1,11-12,14-15H2,2-8H3,(H,46,47)/t38-,41+/m0/s1. The smallest absolute Gasteiger partial charge is 0.334 e. The Kier molecular flexibility index (Phi) is 9.83. The second kappa shape index (κ2) is 14.2. The van der Waals surface area contributed by atoms with Gasteiger partial charge in [-0.25, -0.2) is 4.79 Å². The van der Waals surface area contributed by atoms with Crippen LogP contribution < -0.4 is 16.0 Å². The lowest BCUT2D eigenvalue weighted by molar-refractivity contribution is -0.150. The molecule has 1 fully saturated rings. The van der Waals surface area contributed by atoms with Crippen molar-refractivity contribution in [3.63, 3.8) is 0 Å². The van der Waals surface area contributed by atoms with Crippen molar-refractivity contribution >= 4 is 54.3 Å². The second-order valence-corrected chi connectivity index (χ2v) is 13.7. The van der Waals surface area contributed by atoms with Gasteiger partial charge in [-0.05, 0) is 98.2 Å². The molecule has 0 spiro atoms. The number of ether oxygens (including phenoxy) is 3. The van der Waals surface area contributed by atoms with Crippen LogP contribution in [-0.2, 0) is 46.2 Å². The minimum atomic E-state index is -1.11. The number of aliphatic carboxylic acids is 1. The zero-order valence-corrected chi connectivity index (χ0v) is 31.0. The third-order valence-electron chi connectivity index (χ3n) is 10.9. The van der Waals surface area contributed by atoms with Crippen molar-refractivity contribution in [3.8, 4) is 0 Å². The second-order valence-electron chi connectivity index (χ2n) is 13.7. The quantitative estimate of drug-likeness (QED) is 0.161. The minimum absolute atomic E-state index is 0.0976. The Morgan fingerprint density at radius 2 is 1.47 bits per heavy atom. The summed E-state index contributed by atoms with van der Waals surface area (Å²) in [6, 6.07) is 0. The van der Waals surface area contributed by atoms with Crippen molar-refractivity contribution in [2.45, 2.75) is 53.4 Å². The van der Waals surface area contributed by atoms with E-state index < -0.39 is 29.2 Å². The number of nitrogens with one attached hydrogen (secondary N) is 4. The molecule has 0 saturated carbocycles. The zero-order valence-electron chi connectivity index (χ0n) is 31.0. The number of hydrogen-bond acceptors (Lipinski definition) is 8. The highest BCUT2D eigenvalue weighted by Crippen LogP contribution is 2.55. The molecule has 2 atom stereocenters. The number of rotatable bonds is 9. The Hall–Kier alpha value is -6.04. The molecule has 0 amide bonds. The minimum Gasteiger partial charge on any atom is -0.481 e. The maximum Gasteiger partial charge on any atom is 0.334 e. The van der Waals surface area contributed by atoms with Gasteiger partial charge in [-0.3, -0.25) is 14.4 Å². The Morgan fingerprint density at radius 1 is 0.792 bits per heavy atom. The molecule has 53 heavy (non-hydrogen) atoms. The average Bonchev–Trinajstić information content (AvgIpc) is 3.79. The summed E-state index contributed by atoms with van der Waals surface area (Å²) in [5.74, 6) is -3.57. The van der Waals surface area contributed by atoms with Crippen molar-refractivity contribution in [3.05, 3.63) is 108 Å². The van der Waals surface area contributed by atoms with Crippen molar-refractivity contribution in [1.29, 1.82) is 0 Å². The Labute approximate surface area is 306 Å².